The Bertz CT molecular complexity index is 389. The van der Waals surface area contributed by atoms with Crippen LogP contribution in [0.5, 0.6) is 0 Å². The molecule has 0 bridgehead atoms. The molecule has 0 amide bonds. The van der Waals surface area contributed by atoms with E-state index in [1.807, 2.05) is 31.2 Å². The van der Waals surface area contributed by atoms with Gasteiger partial charge in [-0.05, 0) is 44.8 Å². The highest BCUT2D eigenvalue weighted by Crippen LogP contribution is 2.34. The smallest absolute Gasteiger partial charge is 0.314 e. The standard InChI is InChI=1S/C14H19NO2/c1-11-3-5-12(6-4-11)14(13(16)17)7-2-9-15-10-8-14/h3-6,15H,2,7-10H2,1H3,(H,16,17). The Kier molecular flexibility index (Phi) is 3.48. The molecule has 3 nitrogen and oxygen atoms in total. The summed E-state index contributed by atoms with van der Waals surface area (Å²) in [5, 5.41) is 12.9. The molecule has 92 valence electrons. The molecule has 1 aliphatic heterocycles. The summed E-state index contributed by atoms with van der Waals surface area (Å²) in [6, 6.07) is 7.93. The van der Waals surface area contributed by atoms with Crippen LogP contribution in [0.3, 0.4) is 0 Å². The molecule has 1 aromatic rings. The fourth-order valence-corrected chi connectivity index (χ4v) is 2.57. The van der Waals surface area contributed by atoms with Crippen molar-refractivity contribution in [3.63, 3.8) is 0 Å². The number of rotatable bonds is 2. The van der Waals surface area contributed by atoms with Gasteiger partial charge in [-0.1, -0.05) is 29.8 Å². The fraction of sp³-hybridized carbons (Fsp3) is 0.500. The van der Waals surface area contributed by atoms with E-state index in [4.69, 9.17) is 0 Å². The molecule has 2 N–H and O–H groups in total. The Hall–Kier alpha value is -1.35. The molecule has 17 heavy (non-hydrogen) atoms. The molecule has 1 fully saturated rings. The molecule has 0 saturated carbocycles. The summed E-state index contributed by atoms with van der Waals surface area (Å²) in [4.78, 5) is 11.7. The summed E-state index contributed by atoms with van der Waals surface area (Å²) < 4.78 is 0. The topological polar surface area (TPSA) is 49.3 Å². The van der Waals surface area contributed by atoms with Gasteiger partial charge in [0, 0.05) is 0 Å². The molecular formula is C14H19NO2. The lowest BCUT2D eigenvalue weighted by Gasteiger charge is -2.28. The van der Waals surface area contributed by atoms with Gasteiger partial charge in [-0.2, -0.15) is 0 Å². The van der Waals surface area contributed by atoms with Crippen molar-refractivity contribution in [3.05, 3.63) is 35.4 Å². The number of aryl methyl sites for hydroxylation is 1. The normalized spacial score (nSPS) is 25.2. The average Bonchev–Trinajstić information content (AvgIpc) is 2.56. The summed E-state index contributed by atoms with van der Waals surface area (Å²) in [5.74, 6) is -0.690. The molecule has 1 aromatic carbocycles. The summed E-state index contributed by atoms with van der Waals surface area (Å²) in [7, 11) is 0. The minimum Gasteiger partial charge on any atom is -0.481 e. The molecule has 1 saturated heterocycles. The molecule has 3 heteroatoms. The number of carbonyl (C=O) groups is 1. The van der Waals surface area contributed by atoms with Gasteiger partial charge in [0.2, 0.25) is 0 Å². The third kappa shape index (κ3) is 2.34. The first-order valence-electron chi connectivity index (χ1n) is 6.16. The summed E-state index contributed by atoms with van der Waals surface area (Å²) >= 11 is 0. The lowest BCUT2D eigenvalue weighted by molar-refractivity contribution is -0.144. The van der Waals surface area contributed by atoms with Crippen molar-refractivity contribution in [2.24, 2.45) is 0 Å². The highest BCUT2D eigenvalue weighted by Gasteiger charge is 2.40. The van der Waals surface area contributed by atoms with Crippen LogP contribution in [0, 0.1) is 6.92 Å². The zero-order valence-electron chi connectivity index (χ0n) is 10.2. The van der Waals surface area contributed by atoms with Gasteiger partial charge in [0.15, 0.2) is 0 Å². The SMILES string of the molecule is Cc1ccc(C2(C(=O)O)CCCNCC2)cc1. The van der Waals surface area contributed by atoms with Crippen molar-refractivity contribution in [2.75, 3.05) is 13.1 Å². The highest BCUT2D eigenvalue weighted by molar-refractivity contribution is 5.81. The number of benzene rings is 1. The van der Waals surface area contributed by atoms with Crippen LogP contribution >= 0.6 is 0 Å². The minimum atomic E-state index is -0.697. The van der Waals surface area contributed by atoms with Gasteiger partial charge in [0.1, 0.15) is 0 Å². The van der Waals surface area contributed by atoms with Crippen LogP contribution in [-0.4, -0.2) is 24.2 Å². The van der Waals surface area contributed by atoms with Crippen molar-refractivity contribution in [1.82, 2.24) is 5.32 Å². The van der Waals surface area contributed by atoms with Crippen molar-refractivity contribution >= 4 is 5.97 Å². The van der Waals surface area contributed by atoms with Crippen molar-refractivity contribution < 1.29 is 9.90 Å². The summed E-state index contributed by atoms with van der Waals surface area (Å²) in [6.45, 7) is 3.72. The Balaban J connectivity index is 2.39. The Morgan fingerprint density at radius 3 is 2.59 bits per heavy atom. The van der Waals surface area contributed by atoms with Crippen molar-refractivity contribution in [2.45, 2.75) is 31.6 Å². The third-order valence-electron chi connectivity index (χ3n) is 3.70. The van der Waals surface area contributed by atoms with E-state index in [0.717, 1.165) is 31.5 Å². The van der Waals surface area contributed by atoms with Gasteiger partial charge in [-0.3, -0.25) is 4.79 Å². The molecule has 2 rings (SSSR count). The second kappa shape index (κ2) is 4.88. The molecule has 1 atom stereocenters. The Labute approximate surface area is 102 Å². The highest BCUT2D eigenvalue weighted by atomic mass is 16.4. The van der Waals surface area contributed by atoms with Crippen molar-refractivity contribution in [3.8, 4) is 0 Å². The number of carboxylic acid groups (broad SMARTS) is 1. The second-order valence-electron chi connectivity index (χ2n) is 4.86. The minimum absolute atomic E-state index is 0.672. The first-order chi connectivity index (χ1) is 8.15. The molecule has 0 aliphatic carbocycles. The van der Waals surface area contributed by atoms with Gasteiger partial charge < -0.3 is 10.4 Å². The first-order valence-corrected chi connectivity index (χ1v) is 6.16. The summed E-state index contributed by atoms with van der Waals surface area (Å²) in [6.07, 6.45) is 2.31. The molecule has 1 aliphatic rings. The van der Waals surface area contributed by atoms with E-state index in [0.29, 0.717) is 6.42 Å². The van der Waals surface area contributed by atoms with Crippen LogP contribution < -0.4 is 5.32 Å². The van der Waals surface area contributed by atoms with Crippen molar-refractivity contribution in [1.29, 1.82) is 0 Å². The largest absolute Gasteiger partial charge is 0.481 e. The zero-order chi connectivity index (χ0) is 12.3. The first kappa shape index (κ1) is 12.1. The molecule has 1 unspecified atom stereocenters. The maximum Gasteiger partial charge on any atom is 0.314 e. The van der Waals surface area contributed by atoms with Gasteiger partial charge in [-0.25, -0.2) is 0 Å². The number of aliphatic carboxylic acids is 1. The van der Waals surface area contributed by atoms with Crippen LogP contribution in [0.25, 0.3) is 0 Å². The van der Waals surface area contributed by atoms with E-state index in [1.54, 1.807) is 0 Å². The predicted octanol–water partition coefficient (Wildman–Crippen LogP) is 2.09. The predicted molar refractivity (Wildman–Crippen MR) is 67.2 cm³/mol. The zero-order valence-corrected chi connectivity index (χ0v) is 10.2. The molecule has 0 aromatic heterocycles. The van der Waals surface area contributed by atoms with E-state index in [1.165, 1.54) is 5.56 Å². The number of hydrogen-bond donors (Lipinski definition) is 2. The van der Waals surface area contributed by atoms with E-state index in [9.17, 15) is 9.90 Å². The molecular weight excluding hydrogens is 214 g/mol. The number of hydrogen-bond acceptors (Lipinski definition) is 2. The van der Waals surface area contributed by atoms with Crippen LogP contribution in [0.15, 0.2) is 24.3 Å². The third-order valence-corrected chi connectivity index (χ3v) is 3.70. The van der Waals surface area contributed by atoms with Gasteiger partial charge in [-0.15, -0.1) is 0 Å². The Morgan fingerprint density at radius 2 is 1.94 bits per heavy atom. The second-order valence-corrected chi connectivity index (χ2v) is 4.86. The van der Waals surface area contributed by atoms with Crippen LogP contribution in [0.4, 0.5) is 0 Å². The van der Waals surface area contributed by atoms with E-state index < -0.39 is 11.4 Å². The maximum atomic E-state index is 11.7. The molecule has 0 spiro atoms. The van der Waals surface area contributed by atoms with Gasteiger partial charge >= 0.3 is 5.97 Å². The van der Waals surface area contributed by atoms with E-state index >= 15 is 0 Å². The van der Waals surface area contributed by atoms with Crippen LogP contribution in [-0.2, 0) is 10.2 Å². The Morgan fingerprint density at radius 1 is 1.24 bits per heavy atom. The maximum absolute atomic E-state index is 11.7. The fourth-order valence-electron chi connectivity index (χ4n) is 2.57. The van der Waals surface area contributed by atoms with Gasteiger partial charge in [0.05, 0.1) is 5.41 Å². The summed E-state index contributed by atoms with van der Waals surface area (Å²) in [5.41, 5.74) is 1.41. The number of carboxylic acids is 1. The molecule has 0 radical (unpaired) electrons. The molecule has 1 heterocycles. The average molecular weight is 233 g/mol. The van der Waals surface area contributed by atoms with Gasteiger partial charge in [0.25, 0.3) is 0 Å². The number of nitrogens with one attached hydrogen (secondary N) is 1. The van der Waals surface area contributed by atoms with E-state index in [-0.39, 0.29) is 0 Å². The lowest BCUT2D eigenvalue weighted by atomic mass is 9.74. The quantitative estimate of drug-likeness (QED) is 0.822. The van der Waals surface area contributed by atoms with E-state index in [2.05, 4.69) is 5.32 Å². The van der Waals surface area contributed by atoms with Crippen LogP contribution in [0.2, 0.25) is 0 Å². The lowest BCUT2D eigenvalue weighted by Crippen LogP contribution is -2.36. The van der Waals surface area contributed by atoms with Crippen LogP contribution in [0.1, 0.15) is 30.4 Å². The monoisotopic (exact) mass is 233 g/mol.